The molecule has 2 aliphatic heterocycles. The molecular formula is C14H15ClO3. The SMILES string of the molecule is CC(=O)c1c2c(c(Cl)c3c1OCCC3)OCCC2. The number of hydrogen-bond donors (Lipinski definition) is 0. The van der Waals surface area contributed by atoms with Gasteiger partial charge in [-0.05, 0) is 32.6 Å². The van der Waals surface area contributed by atoms with Gasteiger partial charge in [0, 0.05) is 11.1 Å². The van der Waals surface area contributed by atoms with Crippen molar-refractivity contribution < 1.29 is 14.3 Å². The molecule has 2 aliphatic rings. The van der Waals surface area contributed by atoms with Crippen LogP contribution in [-0.2, 0) is 12.8 Å². The van der Waals surface area contributed by atoms with E-state index in [1.807, 2.05) is 0 Å². The highest BCUT2D eigenvalue weighted by molar-refractivity contribution is 6.33. The summed E-state index contributed by atoms with van der Waals surface area (Å²) in [6.07, 6.45) is 3.54. The van der Waals surface area contributed by atoms with E-state index in [4.69, 9.17) is 21.1 Å². The molecule has 2 heterocycles. The lowest BCUT2D eigenvalue weighted by Gasteiger charge is -2.28. The number of Topliss-reactive ketones (excluding diaryl/α,β-unsaturated/α-hetero) is 1. The molecule has 3 rings (SSSR count). The Kier molecular flexibility index (Phi) is 2.94. The zero-order chi connectivity index (χ0) is 12.7. The predicted octanol–water partition coefficient (Wildman–Crippen LogP) is 3.19. The van der Waals surface area contributed by atoms with Crippen molar-refractivity contribution in [2.24, 2.45) is 0 Å². The quantitative estimate of drug-likeness (QED) is 0.733. The molecular weight excluding hydrogens is 252 g/mol. The minimum atomic E-state index is 0.0339. The molecule has 3 nitrogen and oxygen atoms in total. The number of carbonyl (C=O) groups excluding carboxylic acids is 1. The van der Waals surface area contributed by atoms with Crippen LogP contribution in [0.3, 0.4) is 0 Å². The van der Waals surface area contributed by atoms with E-state index in [9.17, 15) is 4.79 Å². The number of halogens is 1. The molecule has 0 N–H and O–H groups in total. The minimum absolute atomic E-state index is 0.0339. The van der Waals surface area contributed by atoms with Gasteiger partial charge in [0.25, 0.3) is 0 Å². The van der Waals surface area contributed by atoms with Gasteiger partial charge in [0.05, 0.1) is 23.8 Å². The second-order valence-electron chi connectivity index (χ2n) is 4.76. The molecule has 0 aliphatic carbocycles. The van der Waals surface area contributed by atoms with Gasteiger partial charge >= 0.3 is 0 Å². The number of carbonyl (C=O) groups is 1. The summed E-state index contributed by atoms with van der Waals surface area (Å²) in [7, 11) is 0. The molecule has 18 heavy (non-hydrogen) atoms. The fourth-order valence-corrected chi connectivity index (χ4v) is 3.11. The van der Waals surface area contributed by atoms with E-state index in [1.54, 1.807) is 6.92 Å². The molecule has 1 aromatic carbocycles. The smallest absolute Gasteiger partial charge is 0.163 e. The van der Waals surface area contributed by atoms with E-state index in [0.29, 0.717) is 35.3 Å². The Morgan fingerprint density at radius 2 is 1.67 bits per heavy atom. The first-order chi connectivity index (χ1) is 8.70. The summed E-state index contributed by atoms with van der Waals surface area (Å²) in [5, 5.41) is 0.643. The van der Waals surface area contributed by atoms with Crippen molar-refractivity contribution in [2.75, 3.05) is 13.2 Å². The average molecular weight is 267 g/mol. The predicted molar refractivity (Wildman–Crippen MR) is 69.1 cm³/mol. The molecule has 0 saturated heterocycles. The molecule has 0 fully saturated rings. The zero-order valence-electron chi connectivity index (χ0n) is 10.3. The Balaban J connectivity index is 2.31. The first-order valence-corrected chi connectivity index (χ1v) is 6.71. The largest absolute Gasteiger partial charge is 0.492 e. The summed E-state index contributed by atoms with van der Waals surface area (Å²) in [6.45, 7) is 2.91. The number of benzene rings is 1. The molecule has 0 unspecified atom stereocenters. The van der Waals surface area contributed by atoms with Gasteiger partial charge in [-0.15, -0.1) is 0 Å². The van der Waals surface area contributed by atoms with Crippen LogP contribution in [0.1, 0.15) is 41.3 Å². The standard InChI is InChI=1S/C14H15ClO3/c1-8(16)11-9-4-2-7-18-14(9)12(15)10-5-3-6-17-13(10)11/h2-7H2,1H3. The number of rotatable bonds is 1. The number of ether oxygens (including phenoxy) is 2. The third-order valence-electron chi connectivity index (χ3n) is 3.53. The van der Waals surface area contributed by atoms with Crippen LogP contribution in [0.4, 0.5) is 0 Å². The average Bonchev–Trinajstić information content (AvgIpc) is 2.39. The van der Waals surface area contributed by atoms with Gasteiger partial charge in [0.2, 0.25) is 0 Å². The van der Waals surface area contributed by atoms with Crippen LogP contribution < -0.4 is 9.47 Å². The van der Waals surface area contributed by atoms with Crippen molar-refractivity contribution in [3.8, 4) is 11.5 Å². The minimum Gasteiger partial charge on any atom is -0.492 e. The van der Waals surface area contributed by atoms with Crippen LogP contribution in [-0.4, -0.2) is 19.0 Å². The van der Waals surface area contributed by atoms with Crippen molar-refractivity contribution >= 4 is 17.4 Å². The van der Waals surface area contributed by atoms with E-state index in [1.165, 1.54) is 0 Å². The monoisotopic (exact) mass is 266 g/mol. The Bertz CT molecular complexity index is 485. The highest BCUT2D eigenvalue weighted by Gasteiger charge is 2.30. The first kappa shape index (κ1) is 11.8. The van der Waals surface area contributed by atoms with Gasteiger partial charge in [-0.1, -0.05) is 11.6 Å². The maximum atomic E-state index is 11.9. The van der Waals surface area contributed by atoms with Gasteiger partial charge in [0.15, 0.2) is 5.78 Å². The Morgan fingerprint density at radius 1 is 1.06 bits per heavy atom. The van der Waals surface area contributed by atoms with Crippen molar-refractivity contribution in [3.05, 3.63) is 21.7 Å². The maximum absolute atomic E-state index is 11.9. The van der Waals surface area contributed by atoms with Crippen LogP contribution in [0.25, 0.3) is 0 Å². The van der Waals surface area contributed by atoms with Crippen molar-refractivity contribution in [2.45, 2.75) is 32.6 Å². The van der Waals surface area contributed by atoms with E-state index < -0.39 is 0 Å². The fourth-order valence-electron chi connectivity index (χ4n) is 2.76. The zero-order valence-corrected chi connectivity index (χ0v) is 11.1. The highest BCUT2D eigenvalue weighted by atomic mass is 35.5. The number of fused-ring (bicyclic) bond motifs is 2. The molecule has 0 radical (unpaired) electrons. The van der Waals surface area contributed by atoms with Crippen LogP contribution in [0.15, 0.2) is 0 Å². The molecule has 0 atom stereocenters. The van der Waals surface area contributed by atoms with Crippen LogP contribution in [0.2, 0.25) is 5.02 Å². The molecule has 0 saturated carbocycles. The van der Waals surface area contributed by atoms with Gasteiger partial charge < -0.3 is 9.47 Å². The van der Waals surface area contributed by atoms with E-state index in [0.717, 1.165) is 36.8 Å². The van der Waals surface area contributed by atoms with Gasteiger partial charge in [-0.2, -0.15) is 0 Å². The van der Waals surface area contributed by atoms with Crippen LogP contribution in [0.5, 0.6) is 11.5 Å². The van der Waals surface area contributed by atoms with E-state index >= 15 is 0 Å². The second kappa shape index (κ2) is 4.47. The summed E-state index contributed by atoms with van der Waals surface area (Å²) in [6, 6.07) is 0. The van der Waals surface area contributed by atoms with Gasteiger partial charge in [0.1, 0.15) is 11.5 Å². The summed E-state index contributed by atoms with van der Waals surface area (Å²) in [5.41, 5.74) is 2.55. The van der Waals surface area contributed by atoms with Crippen molar-refractivity contribution in [3.63, 3.8) is 0 Å². The lowest BCUT2D eigenvalue weighted by atomic mass is 9.91. The molecule has 4 heteroatoms. The normalized spacial score (nSPS) is 17.2. The Labute approximate surface area is 111 Å². The second-order valence-corrected chi connectivity index (χ2v) is 5.14. The third-order valence-corrected chi connectivity index (χ3v) is 3.93. The van der Waals surface area contributed by atoms with Gasteiger partial charge in [-0.3, -0.25) is 4.79 Å². The summed E-state index contributed by atoms with van der Waals surface area (Å²) < 4.78 is 11.4. The third kappa shape index (κ3) is 1.69. The highest BCUT2D eigenvalue weighted by Crippen LogP contribution is 2.46. The summed E-state index contributed by atoms with van der Waals surface area (Å²) in [5.74, 6) is 1.44. The molecule has 0 aromatic heterocycles. The first-order valence-electron chi connectivity index (χ1n) is 6.34. The maximum Gasteiger partial charge on any atom is 0.163 e. The van der Waals surface area contributed by atoms with E-state index in [-0.39, 0.29) is 5.78 Å². The number of hydrogen-bond acceptors (Lipinski definition) is 3. The van der Waals surface area contributed by atoms with Crippen LogP contribution in [0, 0.1) is 0 Å². The fraction of sp³-hybridized carbons (Fsp3) is 0.500. The lowest BCUT2D eigenvalue weighted by molar-refractivity contribution is 0.101. The molecule has 0 amide bonds. The topological polar surface area (TPSA) is 35.5 Å². The Morgan fingerprint density at radius 3 is 2.33 bits per heavy atom. The molecule has 96 valence electrons. The van der Waals surface area contributed by atoms with Crippen LogP contribution >= 0.6 is 11.6 Å². The molecule has 0 spiro atoms. The van der Waals surface area contributed by atoms with Gasteiger partial charge in [-0.25, -0.2) is 0 Å². The summed E-state index contributed by atoms with van der Waals surface area (Å²) in [4.78, 5) is 11.9. The van der Waals surface area contributed by atoms with E-state index in [2.05, 4.69) is 0 Å². The van der Waals surface area contributed by atoms with Crippen molar-refractivity contribution in [1.82, 2.24) is 0 Å². The number of ketones is 1. The molecule has 1 aromatic rings. The lowest BCUT2D eigenvalue weighted by Crippen LogP contribution is -2.19. The Hall–Kier alpha value is -1.22. The molecule has 0 bridgehead atoms. The van der Waals surface area contributed by atoms with Crippen molar-refractivity contribution in [1.29, 1.82) is 0 Å². The summed E-state index contributed by atoms with van der Waals surface area (Å²) >= 11 is 6.41.